The zero-order valence-corrected chi connectivity index (χ0v) is 12.0. The molecule has 0 bridgehead atoms. The van der Waals surface area contributed by atoms with Gasteiger partial charge in [-0.2, -0.15) is 0 Å². The van der Waals surface area contributed by atoms with Crippen molar-refractivity contribution in [3.8, 4) is 0 Å². The minimum atomic E-state index is -0.104. The summed E-state index contributed by atoms with van der Waals surface area (Å²) in [5.74, 6) is 0.00417. The first-order valence-electron chi connectivity index (χ1n) is 5.07. The Morgan fingerprint density at radius 1 is 1.38 bits per heavy atom. The van der Waals surface area contributed by atoms with Gasteiger partial charge in [0.2, 0.25) is 5.91 Å². The molecule has 4 unspecified atom stereocenters. The molecule has 0 aromatic heterocycles. The molecular formula is C10H14NO4Y-. The van der Waals surface area contributed by atoms with Crippen molar-refractivity contribution in [2.75, 3.05) is 13.2 Å². The summed E-state index contributed by atoms with van der Waals surface area (Å²) in [7, 11) is 0. The molecule has 5 nitrogen and oxygen atoms in total. The summed E-state index contributed by atoms with van der Waals surface area (Å²) in [6, 6.07) is -0.0795. The smallest absolute Gasteiger partial charge is 0.217 e. The molecule has 1 radical (unpaired) electrons. The van der Waals surface area contributed by atoms with E-state index < -0.39 is 0 Å². The van der Waals surface area contributed by atoms with E-state index in [1.54, 1.807) is 0 Å². The quantitative estimate of drug-likeness (QED) is 0.707. The first-order valence-corrected chi connectivity index (χ1v) is 5.07. The van der Waals surface area contributed by atoms with Crippen LogP contribution in [0.15, 0.2) is 0 Å². The van der Waals surface area contributed by atoms with Crippen molar-refractivity contribution in [2.45, 2.75) is 31.6 Å². The van der Waals surface area contributed by atoms with E-state index in [1.165, 1.54) is 6.92 Å². The summed E-state index contributed by atoms with van der Waals surface area (Å²) in [5, 5.41) is 2.79. The standard InChI is InChI=1S/C10H14NO4.Y/c1-6(13)11-8-5-15-9-7(2-3-12)4-14-10(8)9;/h7-10H,2,4-5H2,1H3,(H,11,13);/q-1;. The molecule has 0 saturated carbocycles. The second kappa shape index (κ2) is 6.19. The third kappa shape index (κ3) is 2.89. The largest absolute Gasteiger partial charge is 0.542 e. The molecule has 2 saturated heterocycles. The molecule has 0 aromatic carbocycles. The number of rotatable bonds is 3. The summed E-state index contributed by atoms with van der Waals surface area (Å²) >= 11 is 0. The van der Waals surface area contributed by atoms with Crippen molar-refractivity contribution in [3.05, 3.63) is 0 Å². The molecule has 2 aliphatic heterocycles. The van der Waals surface area contributed by atoms with E-state index in [0.29, 0.717) is 19.6 Å². The Balaban J connectivity index is 0.00000128. The van der Waals surface area contributed by atoms with Gasteiger partial charge in [-0.3, -0.25) is 11.1 Å². The van der Waals surface area contributed by atoms with Crippen molar-refractivity contribution in [3.63, 3.8) is 0 Å². The summed E-state index contributed by atoms with van der Waals surface area (Å²) in [5.41, 5.74) is 0. The van der Waals surface area contributed by atoms with Gasteiger partial charge in [-0.05, 0) is 5.92 Å². The fourth-order valence-corrected chi connectivity index (χ4v) is 2.25. The molecule has 0 aliphatic carbocycles. The Labute approximate surface area is 119 Å². The summed E-state index contributed by atoms with van der Waals surface area (Å²) in [6.07, 6.45) is 2.05. The van der Waals surface area contributed by atoms with E-state index in [0.717, 1.165) is 0 Å². The Morgan fingerprint density at radius 3 is 2.69 bits per heavy atom. The zero-order chi connectivity index (χ0) is 10.8. The van der Waals surface area contributed by atoms with Crippen LogP contribution in [0, 0.1) is 5.92 Å². The Hall–Kier alpha value is 0.164. The van der Waals surface area contributed by atoms with E-state index >= 15 is 0 Å². The van der Waals surface area contributed by atoms with Crippen LogP contribution in [0.25, 0.3) is 0 Å². The number of ether oxygens (including phenoxy) is 2. The third-order valence-corrected chi connectivity index (χ3v) is 2.89. The summed E-state index contributed by atoms with van der Waals surface area (Å²) < 4.78 is 11.1. The molecule has 1 amide bonds. The van der Waals surface area contributed by atoms with Crippen LogP contribution in [0.5, 0.6) is 0 Å². The second-order valence-corrected chi connectivity index (χ2v) is 4.01. The van der Waals surface area contributed by atoms with Crippen molar-refractivity contribution >= 4 is 12.2 Å². The molecule has 87 valence electrons. The van der Waals surface area contributed by atoms with E-state index in [9.17, 15) is 9.59 Å². The van der Waals surface area contributed by atoms with E-state index in [2.05, 4.69) is 5.32 Å². The number of carbonyl (C=O) groups is 1. The third-order valence-electron chi connectivity index (χ3n) is 2.89. The molecule has 2 heterocycles. The Bertz CT molecular complexity index is 274. The minimum Gasteiger partial charge on any atom is -0.542 e. The Kier molecular flexibility index (Phi) is 5.51. The van der Waals surface area contributed by atoms with Gasteiger partial charge in [0.1, 0.15) is 6.10 Å². The predicted octanol–water partition coefficient (Wildman–Crippen LogP) is -0.598. The van der Waals surface area contributed by atoms with Gasteiger partial charge >= 0.3 is 0 Å². The fourth-order valence-electron chi connectivity index (χ4n) is 2.25. The summed E-state index contributed by atoms with van der Waals surface area (Å²) in [4.78, 5) is 21.2. The SMILES string of the molecule is CC(=O)NC1COC2C(C[C-]=O)COC12.[Y]. The van der Waals surface area contributed by atoms with Gasteiger partial charge in [0.15, 0.2) is 0 Å². The van der Waals surface area contributed by atoms with Crippen molar-refractivity contribution in [1.82, 2.24) is 5.32 Å². The molecular weight excluding hydrogens is 287 g/mol. The van der Waals surface area contributed by atoms with Crippen LogP contribution in [-0.2, 0) is 51.8 Å². The minimum absolute atomic E-state index is 0. The van der Waals surface area contributed by atoms with Gasteiger partial charge in [-0.25, -0.2) is 0 Å². The number of fused-ring (bicyclic) bond motifs is 1. The number of amides is 1. The maximum absolute atomic E-state index is 10.9. The molecule has 1 N–H and O–H groups in total. The van der Waals surface area contributed by atoms with E-state index in [-0.39, 0.29) is 62.8 Å². The first kappa shape index (κ1) is 14.2. The van der Waals surface area contributed by atoms with Crippen LogP contribution in [0.4, 0.5) is 0 Å². The van der Waals surface area contributed by atoms with Gasteiger partial charge < -0.3 is 19.6 Å². The van der Waals surface area contributed by atoms with Gasteiger partial charge in [-0.1, -0.05) is 0 Å². The monoisotopic (exact) mass is 301 g/mol. The Morgan fingerprint density at radius 2 is 2.06 bits per heavy atom. The molecule has 6 heteroatoms. The first-order chi connectivity index (χ1) is 7.22. The van der Waals surface area contributed by atoms with Crippen LogP contribution in [0.3, 0.4) is 0 Å². The van der Waals surface area contributed by atoms with Crippen LogP contribution in [-0.4, -0.2) is 43.7 Å². The topological polar surface area (TPSA) is 64.6 Å². The number of hydrogen-bond donors (Lipinski definition) is 1. The van der Waals surface area contributed by atoms with E-state index in [1.807, 2.05) is 6.29 Å². The molecule has 16 heavy (non-hydrogen) atoms. The van der Waals surface area contributed by atoms with Crippen LogP contribution in [0.1, 0.15) is 13.3 Å². The van der Waals surface area contributed by atoms with Gasteiger partial charge in [0.25, 0.3) is 0 Å². The van der Waals surface area contributed by atoms with Crippen molar-refractivity contribution < 1.29 is 51.8 Å². The van der Waals surface area contributed by atoms with Gasteiger partial charge in [0, 0.05) is 39.6 Å². The number of carbonyl (C=O) groups excluding carboxylic acids is 2. The molecule has 4 atom stereocenters. The van der Waals surface area contributed by atoms with Gasteiger partial charge in [-0.15, -0.1) is 6.42 Å². The van der Waals surface area contributed by atoms with Crippen LogP contribution in [0.2, 0.25) is 0 Å². The van der Waals surface area contributed by atoms with Gasteiger partial charge in [0.05, 0.1) is 25.4 Å². The van der Waals surface area contributed by atoms with Crippen molar-refractivity contribution in [2.24, 2.45) is 5.92 Å². The van der Waals surface area contributed by atoms with Crippen molar-refractivity contribution in [1.29, 1.82) is 0 Å². The number of hydrogen-bond acceptors (Lipinski definition) is 4. The molecule has 0 aromatic rings. The van der Waals surface area contributed by atoms with Crippen LogP contribution >= 0.6 is 0 Å². The zero-order valence-electron chi connectivity index (χ0n) is 9.14. The number of nitrogens with one attached hydrogen (secondary N) is 1. The average Bonchev–Trinajstić information content (AvgIpc) is 2.71. The predicted molar refractivity (Wildman–Crippen MR) is 50.9 cm³/mol. The maximum Gasteiger partial charge on any atom is 0.217 e. The van der Waals surface area contributed by atoms with E-state index in [4.69, 9.17) is 9.47 Å². The average molecular weight is 301 g/mol. The maximum atomic E-state index is 10.9. The molecule has 2 rings (SSSR count). The molecule has 0 spiro atoms. The molecule has 2 fully saturated rings. The second-order valence-electron chi connectivity index (χ2n) is 4.01. The fraction of sp³-hybridized carbons (Fsp3) is 0.800. The molecule has 2 aliphatic rings. The normalized spacial score (nSPS) is 36.3. The summed E-state index contributed by atoms with van der Waals surface area (Å²) in [6.45, 7) is 2.45. The van der Waals surface area contributed by atoms with Crippen LogP contribution < -0.4 is 5.32 Å².